The Morgan fingerprint density at radius 1 is 1.17 bits per heavy atom. The highest BCUT2D eigenvalue weighted by molar-refractivity contribution is 5.85. The first-order valence-electron chi connectivity index (χ1n) is 8.96. The van der Waals surface area contributed by atoms with Gasteiger partial charge in [-0.15, -0.1) is 0 Å². The number of nitrogens with zero attached hydrogens (tertiary/aromatic N) is 1. The van der Waals surface area contributed by atoms with Crippen LogP contribution >= 0.6 is 0 Å². The Hall–Kier alpha value is -1.88. The molecule has 0 unspecified atom stereocenters. The van der Waals surface area contributed by atoms with Gasteiger partial charge in [0.2, 0.25) is 5.91 Å². The fraction of sp³-hybridized carbons (Fsp3) is 0.579. The number of hydrogen-bond acceptors (Lipinski definition) is 4. The molecule has 2 fully saturated rings. The van der Waals surface area contributed by atoms with E-state index < -0.39 is 6.04 Å². The third-order valence-electron chi connectivity index (χ3n) is 4.91. The summed E-state index contributed by atoms with van der Waals surface area (Å²) < 4.78 is 5.19. The molecular formula is C19H26N2O3. The largest absolute Gasteiger partial charge is 0.463 e. The number of nitrogens with one attached hydrogen (secondary N) is 1. The number of carbonyl (C=O) groups is 2. The van der Waals surface area contributed by atoms with Gasteiger partial charge in [0.25, 0.3) is 0 Å². The molecule has 1 atom stereocenters. The number of amides is 1. The SMILES string of the molecule is O=C(C[C@H]1C(=O)OCCN1Cc1ccccc1)NC1CCCCC1. The van der Waals surface area contributed by atoms with Crippen LogP contribution in [-0.2, 0) is 20.9 Å². The van der Waals surface area contributed by atoms with Gasteiger partial charge in [-0.1, -0.05) is 49.6 Å². The summed E-state index contributed by atoms with van der Waals surface area (Å²) >= 11 is 0. The molecule has 1 saturated carbocycles. The summed E-state index contributed by atoms with van der Waals surface area (Å²) in [7, 11) is 0. The lowest BCUT2D eigenvalue weighted by atomic mass is 9.95. The second kappa shape index (κ2) is 8.29. The standard InChI is InChI=1S/C19H26N2O3/c22-18(20-16-9-5-2-6-10-16)13-17-19(23)24-12-11-21(17)14-15-7-3-1-4-8-15/h1,3-4,7-8,16-17H,2,5-6,9-14H2,(H,20,22)/t17-/m0/s1. The van der Waals surface area contributed by atoms with Crippen LogP contribution in [0, 0.1) is 0 Å². The zero-order valence-electron chi connectivity index (χ0n) is 14.1. The van der Waals surface area contributed by atoms with Crippen LogP contribution in [0.3, 0.4) is 0 Å². The molecule has 1 saturated heterocycles. The zero-order chi connectivity index (χ0) is 16.8. The van der Waals surface area contributed by atoms with Gasteiger partial charge in [0.05, 0.1) is 6.42 Å². The molecule has 0 radical (unpaired) electrons. The van der Waals surface area contributed by atoms with Crippen LogP contribution < -0.4 is 5.32 Å². The van der Waals surface area contributed by atoms with E-state index in [1.54, 1.807) is 0 Å². The van der Waals surface area contributed by atoms with Crippen molar-refractivity contribution < 1.29 is 14.3 Å². The summed E-state index contributed by atoms with van der Waals surface area (Å²) in [6, 6.07) is 9.82. The normalized spacial score (nSPS) is 22.8. The molecule has 1 amide bonds. The molecule has 2 aliphatic rings. The van der Waals surface area contributed by atoms with E-state index in [2.05, 4.69) is 10.2 Å². The van der Waals surface area contributed by atoms with Crippen LogP contribution in [0.25, 0.3) is 0 Å². The summed E-state index contributed by atoms with van der Waals surface area (Å²) in [6.07, 6.45) is 5.89. The Morgan fingerprint density at radius 3 is 2.67 bits per heavy atom. The maximum Gasteiger partial charge on any atom is 0.323 e. The topological polar surface area (TPSA) is 58.6 Å². The minimum atomic E-state index is -0.484. The number of ether oxygens (including phenoxy) is 1. The van der Waals surface area contributed by atoms with Gasteiger partial charge in [-0.2, -0.15) is 0 Å². The predicted molar refractivity (Wildman–Crippen MR) is 91.2 cm³/mol. The highest BCUT2D eigenvalue weighted by Crippen LogP contribution is 2.19. The molecule has 0 bridgehead atoms. The molecule has 0 spiro atoms. The summed E-state index contributed by atoms with van der Waals surface area (Å²) in [5, 5.41) is 3.10. The van der Waals surface area contributed by atoms with Gasteiger partial charge in [-0.25, -0.2) is 0 Å². The highest BCUT2D eigenvalue weighted by atomic mass is 16.5. The van der Waals surface area contributed by atoms with Crippen molar-refractivity contribution in [3.05, 3.63) is 35.9 Å². The lowest BCUT2D eigenvalue weighted by molar-refractivity contribution is -0.159. The van der Waals surface area contributed by atoms with E-state index in [1.807, 2.05) is 30.3 Å². The van der Waals surface area contributed by atoms with Gasteiger partial charge < -0.3 is 10.1 Å². The minimum Gasteiger partial charge on any atom is -0.463 e. The molecule has 1 aromatic carbocycles. The summed E-state index contributed by atoms with van der Waals surface area (Å²) in [5.74, 6) is -0.320. The number of benzene rings is 1. The number of cyclic esters (lactones) is 1. The first-order valence-corrected chi connectivity index (χ1v) is 8.96. The van der Waals surface area contributed by atoms with E-state index in [4.69, 9.17) is 4.74 Å². The van der Waals surface area contributed by atoms with E-state index in [0.717, 1.165) is 18.4 Å². The molecule has 0 aromatic heterocycles. The van der Waals surface area contributed by atoms with Gasteiger partial charge in [-0.3, -0.25) is 14.5 Å². The van der Waals surface area contributed by atoms with E-state index in [9.17, 15) is 9.59 Å². The van der Waals surface area contributed by atoms with Gasteiger partial charge in [0.1, 0.15) is 12.6 Å². The van der Waals surface area contributed by atoms with Crippen molar-refractivity contribution in [1.82, 2.24) is 10.2 Å². The van der Waals surface area contributed by atoms with Crippen molar-refractivity contribution in [2.24, 2.45) is 0 Å². The van der Waals surface area contributed by atoms with Crippen molar-refractivity contribution in [3.63, 3.8) is 0 Å². The molecule has 1 aliphatic carbocycles. The van der Waals surface area contributed by atoms with E-state index >= 15 is 0 Å². The smallest absolute Gasteiger partial charge is 0.323 e. The molecule has 130 valence electrons. The first kappa shape index (κ1) is 17.0. The van der Waals surface area contributed by atoms with Crippen LogP contribution in [0.4, 0.5) is 0 Å². The van der Waals surface area contributed by atoms with E-state index in [1.165, 1.54) is 19.3 Å². The van der Waals surface area contributed by atoms with Crippen LogP contribution in [-0.4, -0.2) is 42.0 Å². The van der Waals surface area contributed by atoms with Crippen molar-refractivity contribution in [2.45, 2.75) is 57.2 Å². The van der Waals surface area contributed by atoms with Gasteiger partial charge in [0.15, 0.2) is 0 Å². The lowest BCUT2D eigenvalue weighted by Crippen LogP contribution is -2.51. The molecule has 1 N–H and O–H groups in total. The second-order valence-electron chi connectivity index (χ2n) is 6.75. The third kappa shape index (κ3) is 4.57. The molecule has 1 heterocycles. The summed E-state index contributed by atoms with van der Waals surface area (Å²) in [4.78, 5) is 26.6. The fourth-order valence-electron chi connectivity index (χ4n) is 3.59. The summed E-state index contributed by atoms with van der Waals surface area (Å²) in [6.45, 7) is 1.73. The molecule has 1 aliphatic heterocycles. The average Bonchev–Trinajstić information content (AvgIpc) is 2.60. The monoisotopic (exact) mass is 330 g/mol. The maximum absolute atomic E-state index is 12.4. The quantitative estimate of drug-likeness (QED) is 0.841. The van der Waals surface area contributed by atoms with Crippen molar-refractivity contribution >= 4 is 11.9 Å². The van der Waals surface area contributed by atoms with Gasteiger partial charge in [-0.05, 0) is 18.4 Å². The molecular weight excluding hydrogens is 304 g/mol. The Labute approximate surface area is 143 Å². The Bertz CT molecular complexity index is 555. The van der Waals surface area contributed by atoms with Crippen molar-refractivity contribution in [3.8, 4) is 0 Å². The predicted octanol–water partition coefficient (Wildman–Crippen LogP) is 2.25. The van der Waals surface area contributed by atoms with Crippen molar-refractivity contribution in [1.29, 1.82) is 0 Å². The molecule has 5 nitrogen and oxygen atoms in total. The van der Waals surface area contributed by atoms with Crippen LogP contribution in [0.2, 0.25) is 0 Å². The van der Waals surface area contributed by atoms with Crippen LogP contribution in [0.1, 0.15) is 44.1 Å². The van der Waals surface area contributed by atoms with E-state index in [-0.39, 0.29) is 24.3 Å². The van der Waals surface area contributed by atoms with Gasteiger partial charge >= 0.3 is 5.97 Å². The number of esters is 1. The molecule has 1 aromatic rings. The average molecular weight is 330 g/mol. The number of morpholine rings is 1. The highest BCUT2D eigenvalue weighted by Gasteiger charge is 2.33. The Morgan fingerprint density at radius 2 is 1.92 bits per heavy atom. The third-order valence-corrected chi connectivity index (χ3v) is 4.91. The van der Waals surface area contributed by atoms with E-state index in [0.29, 0.717) is 19.7 Å². The Kier molecular flexibility index (Phi) is 5.86. The van der Waals surface area contributed by atoms with Crippen LogP contribution in [0.15, 0.2) is 30.3 Å². The summed E-state index contributed by atoms with van der Waals surface area (Å²) in [5.41, 5.74) is 1.14. The second-order valence-corrected chi connectivity index (χ2v) is 6.75. The molecule has 5 heteroatoms. The number of carbonyl (C=O) groups excluding carboxylic acids is 2. The van der Waals surface area contributed by atoms with Crippen LogP contribution in [0.5, 0.6) is 0 Å². The molecule has 3 rings (SSSR count). The zero-order valence-corrected chi connectivity index (χ0v) is 14.1. The number of hydrogen-bond donors (Lipinski definition) is 1. The lowest BCUT2D eigenvalue weighted by Gasteiger charge is -2.34. The Balaban J connectivity index is 1.59. The maximum atomic E-state index is 12.4. The fourth-order valence-corrected chi connectivity index (χ4v) is 3.59. The first-order chi connectivity index (χ1) is 11.7. The van der Waals surface area contributed by atoms with Gasteiger partial charge in [0, 0.05) is 19.1 Å². The minimum absolute atomic E-state index is 0.0381. The molecule has 24 heavy (non-hydrogen) atoms. The number of rotatable bonds is 5. The van der Waals surface area contributed by atoms with Crippen molar-refractivity contribution in [2.75, 3.05) is 13.2 Å².